The number of aliphatic hydroxyl groups excluding tert-OH is 1. The van der Waals surface area contributed by atoms with Crippen LogP contribution in [-0.2, 0) is 6.42 Å². The maximum absolute atomic E-state index is 10.2. The van der Waals surface area contributed by atoms with Crippen LogP contribution in [0.4, 0.5) is 0 Å². The Bertz CT molecular complexity index is 547. The van der Waals surface area contributed by atoms with E-state index in [2.05, 4.69) is 19.1 Å². The zero-order chi connectivity index (χ0) is 12.5. The van der Waals surface area contributed by atoms with Crippen molar-refractivity contribution in [2.45, 2.75) is 32.0 Å². The van der Waals surface area contributed by atoms with E-state index in [-0.39, 0.29) is 6.10 Å². The van der Waals surface area contributed by atoms with Gasteiger partial charge < -0.3 is 9.84 Å². The van der Waals surface area contributed by atoms with E-state index in [4.69, 9.17) is 4.74 Å². The standard InChI is InChI=1S/C15H16O2S/c1-2-10-7-8-15(18-10)14-9-12(16)11-5-3-4-6-13(11)17-14/h3-8,12,14,16H,2,9H2,1H3/t12-,14?/m0/s1. The molecule has 1 aromatic heterocycles. The summed E-state index contributed by atoms with van der Waals surface area (Å²) in [4.78, 5) is 2.57. The third-order valence-electron chi connectivity index (χ3n) is 3.33. The molecule has 2 heterocycles. The highest BCUT2D eigenvalue weighted by atomic mass is 32.1. The number of hydrogen-bond donors (Lipinski definition) is 1. The van der Waals surface area contributed by atoms with E-state index in [0.29, 0.717) is 6.42 Å². The van der Waals surface area contributed by atoms with Crippen molar-refractivity contribution in [2.75, 3.05) is 0 Å². The van der Waals surface area contributed by atoms with Crippen molar-refractivity contribution in [3.63, 3.8) is 0 Å². The molecule has 0 fully saturated rings. The lowest BCUT2D eigenvalue weighted by Crippen LogP contribution is -2.18. The summed E-state index contributed by atoms with van der Waals surface area (Å²) in [6.45, 7) is 2.15. The summed E-state index contributed by atoms with van der Waals surface area (Å²) in [6.07, 6.45) is 1.25. The number of para-hydroxylation sites is 1. The second-order valence-corrected chi connectivity index (χ2v) is 5.75. The summed E-state index contributed by atoms with van der Waals surface area (Å²) in [7, 11) is 0. The first kappa shape index (κ1) is 11.8. The van der Waals surface area contributed by atoms with Crippen LogP contribution in [0.2, 0.25) is 0 Å². The monoisotopic (exact) mass is 260 g/mol. The summed E-state index contributed by atoms with van der Waals surface area (Å²) in [5, 5.41) is 10.2. The van der Waals surface area contributed by atoms with E-state index in [1.807, 2.05) is 24.3 Å². The van der Waals surface area contributed by atoms with Gasteiger partial charge in [-0.15, -0.1) is 11.3 Å². The van der Waals surface area contributed by atoms with Crippen molar-refractivity contribution in [1.82, 2.24) is 0 Å². The Morgan fingerprint density at radius 1 is 1.28 bits per heavy atom. The lowest BCUT2D eigenvalue weighted by atomic mass is 9.98. The third kappa shape index (κ3) is 2.04. The predicted molar refractivity (Wildman–Crippen MR) is 73.1 cm³/mol. The van der Waals surface area contributed by atoms with Gasteiger partial charge in [-0.25, -0.2) is 0 Å². The zero-order valence-electron chi connectivity index (χ0n) is 10.3. The second-order valence-electron chi connectivity index (χ2n) is 4.55. The average Bonchev–Trinajstić information content (AvgIpc) is 2.87. The van der Waals surface area contributed by atoms with Crippen LogP contribution in [0.25, 0.3) is 0 Å². The van der Waals surface area contributed by atoms with E-state index in [9.17, 15) is 5.11 Å². The molecule has 1 aromatic carbocycles. The fourth-order valence-electron chi connectivity index (χ4n) is 2.33. The van der Waals surface area contributed by atoms with E-state index >= 15 is 0 Å². The van der Waals surface area contributed by atoms with E-state index in [0.717, 1.165) is 17.7 Å². The molecule has 3 rings (SSSR count). The van der Waals surface area contributed by atoms with Gasteiger partial charge in [0.25, 0.3) is 0 Å². The van der Waals surface area contributed by atoms with Crippen LogP contribution in [0.3, 0.4) is 0 Å². The maximum Gasteiger partial charge on any atom is 0.136 e. The quantitative estimate of drug-likeness (QED) is 0.888. The summed E-state index contributed by atoms with van der Waals surface area (Å²) in [5.41, 5.74) is 0.904. The van der Waals surface area contributed by atoms with Crippen molar-refractivity contribution in [3.05, 3.63) is 51.7 Å². The van der Waals surface area contributed by atoms with E-state index in [1.54, 1.807) is 11.3 Å². The highest BCUT2D eigenvalue weighted by Crippen LogP contribution is 2.42. The molecule has 0 radical (unpaired) electrons. The van der Waals surface area contributed by atoms with Gasteiger partial charge in [0.15, 0.2) is 0 Å². The number of fused-ring (bicyclic) bond motifs is 1. The minimum absolute atomic E-state index is 0.0137. The topological polar surface area (TPSA) is 29.5 Å². The molecule has 3 heteroatoms. The molecule has 1 aliphatic heterocycles. The van der Waals surface area contributed by atoms with Gasteiger partial charge in [-0.2, -0.15) is 0 Å². The second kappa shape index (κ2) is 4.75. The van der Waals surface area contributed by atoms with Gasteiger partial charge in [0, 0.05) is 21.7 Å². The molecule has 2 nitrogen and oxygen atoms in total. The molecule has 0 spiro atoms. The molecule has 0 aliphatic carbocycles. The van der Waals surface area contributed by atoms with Crippen LogP contribution in [0.1, 0.15) is 40.9 Å². The van der Waals surface area contributed by atoms with Crippen molar-refractivity contribution in [3.8, 4) is 5.75 Å². The fourth-order valence-corrected chi connectivity index (χ4v) is 3.32. The van der Waals surface area contributed by atoms with Crippen LogP contribution in [-0.4, -0.2) is 5.11 Å². The largest absolute Gasteiger partial charge is 0.484 e. The van der Waals surface area contributed by atoms with Crippen LogP contribution in [0.15, 0.2) is 36.4 Å². The molecule has 1 N–H and O–H groups in total. The molecule has 94 valence electrons. The molecule has 18 heavy (non-hydrogen) atoms. The smallest absolute Gasteiger partial charge is 0.136 e. The fraction of sp³-hybridized carbons (Fsp3) is 0.333. The van der Waals surface area contributed by atoms with Gasteiger partial charge in [0.1, 0.15) is 11.9 Å². The zero-order valence-corrected chi connectivity index (χ0v) is 11.1. The van der Waals surface area contributed by atoms with Gasteiger partial charge in [-0.05, 0) is 24.6 Å². The Balaban J connectivity index is 1.89. The lowest BCUT2D eigenvalue weighted by Gasteiger charge is -2.28. The number of aliphatic hydroxyl groups is 1. The molecular weight excluding hydrogens is 244 g/mol. The Morgan fingerprint density at radius 2 is 2.11 bits per heavy atom. The molecule has 1 unspecified atom stereocenters. The van der Waals surface area contributed by atoms with Gasteiger partial charge in [0.05, 0.1) is 6.10 Å². The van der Waals surface area contributed by atoms with Crippen LogP contribution < -0.4 is 4.74 Å². The molecule has 2 atom stereocenters. The average molecular weight is 260 g/mol. The normalized spacial score (nSPS) is 22.3. The van der Waals surface area contributed by atoms with E-state index < -0.39 is 6.10 Å². The SMILES string of the molecule is CCc1ccc(C2C[C@H](O)c3ccccc3O2)s1. The van der Waals surface area contributed by atoms with Crippen LogP contribution >= 0.6 is 11.3 Å². The Hall–Kier alpha value is -1.32. The Kier molecular flexibility index (Phi) is 3.10. The first-order chi connectivity index (χ1) is 8.78. The van der Waals surface area contributed by atoms with Crippen molar-refractivity contribution >= 4 is 11.3 Å². The van der Waals surface area contributed by atoms with Crippen molar-refractivity contribution in [2.24, 2.45) is 0 Å². The summed E-state index contributed by atoms with van der Waals surface area (Å²) < 4.78 is 6.00. The van der Waals surface area contributed by atoms with Gasteiger partial charge in [-0.3, -0.25) is 0 Å². The van der Waals surface area contributed by atoms with E-state index in [1.165, 1.54) is 9.75 Å². The highest BCUT2D eigenvalue weighted by molar-refractivity contribution is 7.12. The van der Waals surface area contributed by atoms with Gasteiger partial charge in [-0.1, -0.05) is 25.1 Å². The number of hydrogen-bond acceptors (Lipinski definition) is 3. The molecule has 0 amide bonds. The Labute approximate surface area is 111 Å². The number of ether oxygens (including phenoxy) is 1. The molecule has 0 saturated heterocycles. The molecular formula is C15H16O2S. The summed E-state index contributed by atoms with van der Waals surface area (Å²) in [6, 6.07) is 12.0. The minimum atomic E-state index is -0.424. The third-order valence-corrected chi connectivity index (χ3v) is 4.65. The van der Waals surface area contributed by atoms with Crippen molar-refractivity contribution < 1.29 is 9.84 Å². The number of rotatable bonds is 2. The number of thiophene rings is 1. The Morgan fingerprint density at radius 3 is 2.89 bits per heavy atom. The molecule has 2 aromatic rings. The number of benzene rings is 1. The maximum atomic E-state index is 10.2. The lowest BCUT2D eigenvalue weighted by molar-refractivity contribution is 0.0674. The highest BCUT2D eigenvalue weighted by Gasteiger charge is 2.28. The van der Waals surface area contributed by atoms with Gasteiger partial charge in [0.2, 0.25) is 0 Å². The minimum Gasteiger partial charge on any atom is -0.484 e. The first-order valence-corrected chi connectivity index (χ1v) is 7.12. The van der Waals surface area contributed by atoms with Gasteiger partial charge >= 0.3 is 0 Å². The molecule has 1 aliphatic rings. The summed E-state index contributed by atoms with van der Waals surface area (Å²) in [5.74, 6) is 0.813. The molecule has 0 saturated carbocycles. The molecule has 0 bridgehead atoms. The number of aryl methyl sites for hydroxylation is 1. The predicted octanol–water partition coefficient (Wildman–Crippen LogP) is 3.87. The van der Waals surface area contributed by atoms with Crippen molar-refractivity contribution in [1.29, 1.82) is 0 Å². The first-order valence-electron chi connectivity index (χ1n) is 6.30. The summed E-state index contributed by atoms with van der Waals surface area (Å²) >= 11 is 1.78. The van der Waals surface area contributed by atoms with Crippen LogP contribution in [0.5, 0.6) is 5.75 Å². The van der Waals surface area contributed by atoms with Crippen LogP contribution in [0, 0.1) is 0 Å².